The number of rotatable bonds is 4. The summed E-state index contributed by atoms with van der Waals surface area (Å²) < 4.78 is 23.2. The third kappa shape index (κ3) is 3.75. The van der Waals surface area contributed by atoms with Crippen LogP contribution in [0.5, 0.6) is 0 Å². The SMILES string of the molecule is CCCNC(=O)c1ccc(C)c(NC2=N[C@@H]3CS(=O)(=O)C[C@@H]3S2)c1. The number of aliphatic imine (C=N–C) groups is 1. The molecule has 1 fully saturated rings. The number of nitrogens with zero attached hydrogens (tertiary/aromatic N) is 1. The molecule has 0 bridgehead atoms. The molecule has 130 valence electrons. The van der Waals surface area contributed by atoms with Crippen LogP contribution >= 0.6 is 11.8 Å². The minimum Gasteiger partial charge on any atom is -0.352 e. The molecule has 2 aliphatic heterocycles. The van der Waals surface area contributed by atoms with E-state index >= 15 is 0 Å². The normalized spacial score (nSPS) is 24.3. The van der Waals surface area contributed by atoms with E-state index in [1.807, 2.05) is 26.0 Å². The smallest absolute Gasteiger partial charge is 0.251 e. The summed E-state index contributed by atoms with van der Waals surface area (Å²) in [6.45, 7) is 4.62. The summed E-state index contributed by atoms with van der Waals surface area (Å²) in [7, 11) is -2.95. The number of hydrogen-bond acceptors (Lipinski definition) is 6. The third-order valence-electron chi connectivity index (χ3n) is 4.10. The zero-order chi connectivity index (χ0) is 17.3. The van der Waals surface area contributed by atoms with Crippen LogP contribution in [0.4, 0.5) is 5.69 Å². The molecule has 2 N–H and O–H groups in total. The Kier molecular flexibility index (Phi) is 4.87. The van der Waals surface area contributed by atoms with Crippen LogP contribution in [-0.2, 0) is 9.84 Å². The van der Waals surface area contributed by atoms with Crippen LogP contribution in [0.3, 0.4) is 0 Å². The molecule has 1 aromatic rings. The lowest BCUT2D eigenvalue weighted by atomic mass is 10.1. The number of thioether (sulfide) groups is 1. The molecular formula is C16H21N3O3S2. The van der Waals surface area contributed by atoms with Crippen LogP contribution in [0.1, 0.15) is 29.3 Å². The largest absolute Gasteiger partial charge is 0.352 e. The first-order chi connectivity index (χ1) is 11.4. The van der Waals surface area contributed by atoms with E-state index in [0.29, 0.717) is 12.1 Å². The van der Waals surface area contributed by atoms with Gasteiger partial charge in [-0.1, -0.05) is 24.8 Å². The van der Waals surface area contributed by atoms with Crippen molar-refractivity contribution in [2.24, 2.45) is 4.99 Å². The van der Waals surface area contributed by atoms with E-state index < -0.39 is 9.84 Å². The van der Waals surface area contributed by atoms with Crippen LogP contribution in [0.25, 0.3) is 0 Å². The predicted molar refractivity (Wildman–Crippen MR) is 98.7 cm³/mol. The van der Waals surface area contributed by atoms with E-state index in [-0.39, 0.29) is 28.7 Å². The average Bonchev–Trinajstić information content (AvgIpc) is 2.99. The van der Waals surface area contributed by atoms with Gasteiger partial charge >= 0.3 is 0 Å². The van der Waals surface area contributed by atoms with Gasteiger partial charge in [0.25, 0.3) is 5.91 Å². The fourth-order valence-corrected chi connectivity index (χ4v) is 6.44. The zero-order valence-electron chi connectivity index (χ0n) is 13.7. The van der Waals surface area contributed by atoms with Gasteiger partial charge in [0.1, 0.15) is 0 Å². The predicted octanol–water partition coefficient (Wildman–Crippen LogP) is 1.82. The van der Waals surface area contributed by atoms with Crippen molar-refractivity contribution in [1.82, 2.24) is 5.32 Å². The fourth-order valence-electron chi connectivity index (χ4n) is 2.77. The van der Waals surface area contributed by atoms with Gasteiger partial charge in [-0.15, -0.1) is 0 Å². The molecule has 6 nitrogen and oxygen atoms in total. The molecule has 24 heavy (non-hydrogen) atoms. The Hall–Kier alpha value is -1.54. The standard InChI is InChI=1S/C16H21N3O3S2/c1-3-6-17-15(20)11-5-4-10(2)12(7-11)18-16-19-13-8-24(21,22)9-14(13)23-16/h4-5,7,13-14H,3,6,8-9H2,1-2H3,(H,17,20)(H,18,19)/t13-,14+/m1/s1. The molecular weight excluding hydrogens is 346 g/mol. The van der Waals surface area contributed by atoms with Gasteiger partial charge in [-0.2, -0.15) is 0 Å². The van der Waals surface area contributed by atoms with Gasteiger partial charge in [0.05, 0.1) is 17.5 Å². The summed E-state index contributed by atoms with van der Waals surface area (Å²) >= 11 is 1.47. The number of nitrogens with one attached hydrogen (secondary N) is 2. The highest BCUT2D eigenvalue weighted by Gasteiger charge is 2.42. The van der Waals surface area contributed by atoms with Crippen LogP contribution < -0.4 is 10.6 Å². The van der Waals surface area contributed by atoms with Crippen molar-refractivity contribution in [3.63, 3.8) is 0 Å². The zero-order valence-corrected chi connectivity index (χ0v) is 15.3. The summed E-state index contributed by atoms with van der Waals surface area (Å²) in [5, 5.41) is 6.85. The number of aryl methyl sites for hydroxylation is 1. The van der Waals surface area contributed by atoms with Crippen molar-refractivity contribution >= 4 is 38.4 Å². The van der Waals surface area contributed by atoms with Crippen molar-refractivity contribution in [2.45, 2.75) is 31.6 Å². The van der Waals surface area contributed by atoms with Gasteiger partial charge < -0.3 is 10.6 Å². The highest BCUT2D eigenvalue weighted by atomic mass is 32.2. The maximum atomic E-state index is 12.1. The van der Waals surface area contributed by atoms with E-state index in [4.69, 9.17) is 0 Å². The second kappa shape index (κ2) is 6.76. The lowest BCUT2D eigenvalue weighted by Crippen LogP contribution is -2.24. The van der Waals surface area contributed by atoms with Gasteiger partial charge in [-0.05, 0) is 31.0 Å². The van der Waals surface area contributed by atoms with Gasteiger partial charge in [0, 0.05) is 23.0 Å². The molecule has 1 aromatic carbocycles. The Morgan fingerprint density at radius 2 is 2.17 bits per heavy atom. The lowest BCUT2D eigenvalue weighted by molar-refractivity contribution is 0.0953. The topological polar surface area (TPSA) is 87.6 Å². The van der Waals surface area contributed by atoms with Crippen LogP contribution in [0.2, 0.25) is 0 Å². The Labute approximate surface area is 146 Å². The summed E-state index contributed by atoms with van der Waals surface area (Å²) in [6, 6.07) is 5.36. The van der Waals surface area contributed by atoms with Crippen LogP contribution in [-0.4, -0.2) is 48.8 Å². The second-order valence-corrected chi connectivity index (χ2v) is 9.53. The molecule has 1 amide bonds. The Morgan fingerprint density at radius 1 is 1.38 bits per heavy atom. The Morgan fingerprint density at radius 3 is 2.88 bits per heavy atom. The quantitative estimate of drug-likeness (QED) is 0.847. The summed E-state index contributed by atoms with van der Waals surface area (Å²) in [5.74, 6) is 0.230. The third-order valence-corrected chi connectivity index (χ3v) is 7.24. The molecule has 2 atom stereocenters. The summed E-state index contributed by atoms with van der Waals surface area (Å²) in [6.07, 6.45) is 0.891. The number of fused-ring (bicyclic) bond motifs is 1. The monoisotopic (exact) mass is 367 g/mol. The lowest BCUT2D eigenvalue weighted by Gasteiger charge is -2.12. The molecule has 2 aliphatic rings. The van der Waals surface area contributed by atoms with Gasteiger partial charge in [0.15, 0.2) is 15.0 Å². The average molecular weight is 367 g/mol. The Balaban J connectivity index is 1.73. The first kappa shape index (κ1) is 17.3. The summed E-state index contributed by atoms with van der Waals surface area (Å²) in [4.78, 5) is 16.6. The number of benzene rings is 1. The number of hydrogen-bond donors (Lipinski definition) is 2. The molecule has 0 aliphatic carbocycles. The van der Waals surface area contributed by atoms with E-state index in [1.54, 1.807) is 6.07 Å². The van der Waals surface area contributed by atoms with Crippen LogP contribution in [0.15, 0.2) is 23.2 Å². The first-order valence-electron chi connectivity index (χ1n) is 7.98. The number of carbonyl (C=O) groups excluding carboxylic acids is 1. The molecule has 8 heteroatoms. The first-order valence-corrected chi connectivity index (χ1v) is 10.7. The molecule has 0 aromatic heterocycles. The molecule has 0 unspecified atom stereocenters. The van der Waals surface area contributed by atoms with E-state index in [1.165, 1.54) is 11.8 Å². The van der Waals surface area contributed by atoms with E-state index in [9.17, 15) is 13.2 Å². The van der Waals surface area contributed by atoms with Gasteiger partial charge in [-0.25, -0.2) is 8.42 Å². The minimum absolute atomic E-state index is 0.00819. The van der Waals surface area contributed by atoms with Crippen molar-refractivity contribution in [3.05, 3.63) is 29.3 Å². The minimum atomic E-state index is -2.95. The number of amidine groups is 1. The van der Waals surface area contributed by atoms with Crippen molar-refractivity contribution in [2.75, 3.05) is 23.4 Å². The van der Waals surface area contributed by atoms with Crippen molar-refractivity contribution in [1.29, 1.82) is 0 Å². The molecule has 1 saturated heterocycles. The molecule has 3 rings (SSSR count). The van der Waals surface area contributed by atoms with Crippen molar-refractivity contribution in [3.8, 4) is 0 Å². The number of anilines is 1. The molecule has 2 heterocycles. The number of sulfone groups is 1. The maximum absolute atomic E-state index is 12.1. The fraction of sp³-hybridized carbons (Fsp3) is 0.500. The highest BCUT2D eigenvalue weighted by Crippen LogP contribution is 2.35. The highest BCUT2D eigenvalue weighted by molar-refractivity contribution is 8.15. The van der Waals surface area contributed by atoms with Gasteiger partial charge in [0.2, 0.25) is 0 Å². The molecule has 0 saturated carbocycles. The van der Waals surface area contributed by atoms with E-state index in [2.05, 4.69) is 15.6 Å². The summed E-state index contributed by atoms with van der Waals surface area (Å²) in [5.41, 5.74) is 2.44. The van der Waals surface area contributed by atoms with E-state index in [0.717, 1.165) is 22.8 Å². The number of amides is 1. The van der Waals surface area contributed by atoms with Gasteiger partial charge in [-0.3, -0.25) is 9.79 Å². The molecule has 0 radical (unpaired) electrons. The number of carbonyl (C=O) groups is 1. The second-order valence-electron chi connectivity index (χ2n) is 6.15. The maximum Gasteiger partial charge on any atom is 0.251 e. The van der Waals surface area contributed by atoms with Crippen LogP contribution in [0, 0.1) is 6.92 Å². The van der Waals surface area contributed by atoms with Crippen molar-refractivity contribution < 1.29 is 13.2 Å². The Bertz CT molecular complexity index is 790. The molecule has 0 spiro atoms.